The minimum atomic E-state index is -0.492. The Labute approximate surface area is 241 Å². The number of Topliss-reactive ketones (excluding diaryl/α,β-unsaturated/α-hetero) is 3. The molecule has 1 unspecified atom stereocenters. The lowest BCUT2D eigenvalue weighted by molar-refractivity contribution is -0.134. The van der Waals surface area contributed by atoms with E-state index in [1.165, 1.54) is 0 Å². The van der Waals surface area contributed by atoms with E-state index in [1.54, 1.807) is 31.2 Å². The molecule has 226 valence electrons. The van der Waals surface area contributed by atoms with Crippen LogP contribution in [0.4, 0.5) is 10.5 Å². The third-order valence-electron chi connectivity index (χ3n) is 6.69. The number of nitrogens with one attached hydrogen (secondary N) is 4. The van der Waals surface area contributed by atoms with E-state index in [1.807, 2.05) is 0 Å². The summed E-state index contributed by atoms with van der Waals surface area (Å²) in [4.78, 5) is 71.2. The highest BCUT2D eigenvalue weighted by molar-refractivity contribution is 6.04. The van der Waals surface area contributed by atoms with Gasteiger partial charge >= 0.3 is 6.03 Å². The smallest absolute Gasteiger partial charge is 0.314 e. The first-order valence-corrected chi connectivity index (χ1v) is 14.5. The highest BCUT2D eigenvalue weighted by atomic mass is 16.5. The largest absolute Gasteiger partial charge is 0.380 e. The predicted octanol–water partition coefficient (Wildman–Crippen LogP) is 2.86. The topological polar surface area (TPSA) is 160 Å². The fourth-order valence-electron chi connectivity index (χ4n) is 4.45. The van der Waals surface area contributed by atoms with E-state index in [-0.39, 0.29) is 49.4 Å². The van der Waals surface area contributed by atoms with Crippen molar-refractivity contribution < 1.29 is 33.5 Å². The second-order valence-corrected chi connectivity index (χ2v) is 10.3. The predicted molar refractivity (Wildman–Crippen MR) is 154 cm³/mol. The average Bonchev–Trinajstić information content (AvgIpc) is 2.93. The zero-order valence-electron chi connectivity index (χ0n) is 24.1. The third-order valence-corrected chi connectivity index (χ3v) is 6.69. The highest BCUT2D eigenvalue weighted by Gasteiger charge is 2.28. The van der Waals surface area contributed by atoms with Crippen LogP contribution in [0.1, 0.15) is 76.7 Å². The fourth-order valence-corrected chi connectivity index (χ4v) is 4.45. The van der Waals surface area contributed by atoms with E-state index in [0.29, 0.717) is 51.1 Å². The molecule has 1 aliphatic rings. The maximum atomic E-state index is 12.5. The van der Waals surface area contributed by atoms with Crippen molar-refractivity contribution in [1.29, 1.82) is 0 Å². The summed E-state index contributed by atoms with van der Waals surface area (Å²) in [6.07, 6.45) is 6.50. The number of carbonyl (C=O) groups is 6. The maximum absolute atomic E-state index is 12.5. The second-order valence-electron chi connectivity index (χ2n) is 10.3. The zero-order chi connectivity index (χ0) is 29.9. The van der Waals surface area contributed by atoms with Crippen molar-refractivity contribution >= 4 is 40.9 Å². The number of benzene rings is 1. The van der Waals surface area contributed by atoms with Gasteiger partial charge in [0.05, 0.1) is 12.5 Å². The lowest BCUT2D eigenvalue weighted by atomic mass is 9.83. The summed E-state index contributed by atoms with van der Waals surface area (Å²) in [5, 5.41) is 10.8. The lowest BCUT2D eigenvalue weighted by Crippen LogP contribution is -2.36. The standard InChI is InChI=1S/C30H44N4O7/c1-22(35)8-3-2-6-15-32-30(40)33-16-7-18-41-19-17-31-28(38)21-29(39)34-24-13-11-23(12-14-24)20-27(37)25-9-4-5-10-26(25)36/h11-14,25H,2-10,15-21H2,1H3,(H,31,38)(H,34,39)(H2,32,33,40). The average molecular weight is 573 g/mol. The van der Waals surface area contributed by atoms with Crippen LogP contribution >= 0.6 is 0 Å². The maximum Gasteiger partial charge on any atom is 0.314 e. The summed E-state index contributed by atoms with van der Waals surface area (Å²) in [6, 6.07) is 6.58. The summed E-state index contributed by atoms with van der Waals surface area (Å²) in [5.41, 5.74) is 1.29. The van der Waals surface area contributed by atoms with E-state index in [9.17, 15) is 28.8 Å². The van der Waals surface area contributed by atoms with Crippen LogP contribution in [-0.4, -0.2) is 68.0 Å². The molecule has 0 spiro atoms. The first kappa shape index (κ1) is 33.6. The number of carbonyl (C=O) groups excluding carboxylic acids is 6. The fraction of sp³-hybridized carbons (Fsp3) is 0.600. The monoisotopic (exact) mass is 572 g/mol. The molecule has 11 nitrogen and oxygen atoms in total. The summed E-state index contributed by atoms with van der Waals surface area (Å²) >= 11 is 0. The van der Waals surface area contributed by atoms with Gasteiger partial charge in [-0.2, -0.15) is 0 Å². The first-order valence-electron chi connectivity index (χ1n) is 14.5. The van der Waals surface area contributed by atoms with Crippen LogP contribution in [0, 0.1) is 5.92 Å². The molecule has 2 rings (SSSR count). The number of ether oxygens (including phenoxy) is 1. The Hall–Kier alpha value is -3.60. The zero-order valence-corrected chi connectivity index (χ0v) is 24.1. The van der Waals surface area contributed by atoms with Crippen LogP contribution in [0.3, 0.4) is 0 Å². The van der Waals surface area contributed by atoms with Crippen molar-refractivity contribution in [1.82, 2.24) is 16.0 Å². The number of ketones is 3. The van der Waals surface area contributed by atoms with Crippen molar-refractivity contribution in [2.45, 2.75) is 77.6 Å². The molecule has 11 heteroatoms. The minimum Gasteiger partial charge on any atom is -0.380 e. The van der Waals surface area contributed by atoms with Crippen molar-refractivity contribution in [2.75, 3.05) is 38.2 Å². The van der Waals surface area contributed by atoms with E-state index < -0.39 is 17.7 Å². The Morgan fingerprint density at radius 3 is 2.27 bits per heavy atom. The molecule has 1 saturated carbocycles. The SMILES string of the molecule is CC(=O)CCCCCNC(=O)NCCCOCCNC(=O)CC(=O)Nc1ccc(CC(=O)C2CCCCC2=O)cc1. The summed E-state index contributed by atoms with van der Waals surface area (Å²) in [6.45, 7) is 3.56. The van der Waals surface area contributed by atoms with Crippen LogP contribution in [0.15, 0.2) is 24.3 Å². The van der Waals surface area contributed by atoms with Crippen LogP contribution in [0.2, 0.25) is 0 Å². The van der Waals surface area contributed by atoms with Gasteiger partial charge in [-0.25, -0.2) is 4.79 Å². The number of hydrogen-bond acceptors (Lipinski definition) is 7. The van der Waals surface area contributed by atoms with Gasteiger partial charge in [-0.15, -0.1) is 0 Å². The molecule has 4 N–H and O–H groups in total. The number of urea groups is 1. The molecule has 41 heavy (non-hydrogen) atoms. The van der Waals surface area contributed by atoms with E-state index in [2.05, 4.69) is 21.3 Å². The Morgan fingerprint density at radius 2 is 1.56 bits per heavy atom. The minimum absolute atomic E-state index is 0.0370. The van der Waals surface area contributed by atoms with Gasteiger partial charge in [0.25, 0.3) is 0 Å². The molecule has 0 bridgehead atoms. The summed E-state index contributed by atoms with van der Waals surface area (Å²) in [7, 11) is 0. The van der Waals surface area contributed by atoms with Crippen molar-refractivity contribution in [2.24, 2.45) is 5.92 Å². The van der Waals surface area contributed by atoms with Crippen LogP contribution in [0.5, 0.6) is 0 Å². The molecule has 1 atom stereocenters. The molecular weight excluding hydrogens is 528 g/mol. The first-order chi connectivity index (χ1) is 19.7. The Balaban J connectivity index is 1.48. The second kappa shape index (κ2) is 19.5. The van der Waals surface area contributed by atoms with Gasteiger partial charge in [0.15, 0.2) is 0 Å². The van der Waals surface area contributed by atoms with Gasteiger partial charge in [0.2, 0.25) is 11.8 Å². The highest BCUT2D eigenvalue weighted by Crippen LogP contribution is 2.23. The van der Waals surface area contributed by atoms with Crippen LogP contribution in [-0.2, 0) is 35.1 Å². The third kappa shape index (κ3) is 15.1. The molecule has 1 aromatic carbocycles. The molecule has 1 aliphatic carbocycles. The molecule has 1 aromatic rings. The summed E-state index contributed by atoms with van der Waals surface area (Å²) in [5.74, 6) is -1.21. The number of hydrogen-bond donors (Lipinski definition) is 4. The number of unbranched alkanes of at least 4 members (excludes halogenated alkanes) is 2. The van der Waals surface area contributed by atoms with Crippen LogP contribution < -0.4 is 21.3 Å². The number of anilines is 1. The van der Waals surface area contributed by atoms with Crippen molar-refractivity contribution in [3.8, 4) is 0 Å². The van der Waals surface area contributed by atoms with E-state index in [4.69, 9.17) is 4.74 Å². The van der Waals surface area contributed by atoms with Gasteiger partial charge in [-0.1, -0.05) is 25.0 Å². The van der Waals surface area contributed by atoms with Gasteiger partial charge in [0, 0.05) is 51.2 Å². The molecule has 0 aliphatic heterocycles. The Bertz CT molecular complexity index is 1030. The molecule has 4 amide bonds. The normalized spacial score (nSPS) is 14.7. The Kier molecular flexibility index (Phi) is 16.0. The van der Waals surface area contributed by atoms with Crippen LogP contribution in [0.25, 0.3) is 0 Å². The van der Waals surface area contributed by atoms with E-state index in [0.717, 1.165) is 37.7 Å². The van der Waals surface area contributed by atoms with Gasteiger partial charge < -0.3 is 30.8 Å². The van der Waals surface area contributed by atoms with Crippen molar-refractivity contribution in [3.05, 3.63) is 29.8 Å². The molecule has 0 heterocycles. The van der Waals surface area contributed by atoms with E-state index >= 15 is 0 Å². The lowest BCUT2D eigenvalue weighted by Gasteiger charge is -2.19. The number of amides is 4. The van der Waals surface area contributed by atoms with Gasteiger partial charge in [-0.3, -0.25) is 19.2 Å². The molecule has 0 radical (unpaired) electrons. The van der Waals surface area contributed by atoms with Gasteiger partial charge in [-0.05, 0) is 56.7 Å². The quantitative estimate of drug-likeness (QED) is 0.146. The number of rotatable bonds is 19. The molecule has 1 fully saturated rings. The molecule has 0 aromatic heterocycles. The van der Waals surface area contributed by atoms with Gasteiger partial charge in [0.1, 0.15) is 23.8 Å². The molecule has 0 saturated heterocycles. The Morgan fingerprint density at radius 1 is 0.829 bits per heavy atom. The molecular formula is C30H44N4O7. The van der Waals surface area contributed by atoms with Crippen molar-refractivity contribution in [3.63, 3.8) is 0 Å². The summed E-state index contributed by atoms with van der Waals surface area (Å²) < 4.78 is 5.44.